The predicted octanol–water partition coefficient (Wildman–Crippen LogP) is 1.19. The highest BCUT2D eigenvalue weighted by Gasteiger charge is 2.15. The molecule has 4 N–H and O–H groups in total. The van der Waals surface area contributed by atoms with Gasteiger partial charge in [-0.05, 0) is 25.0 Å². The van der Waals surface area contributed by atoms with Crippen LogP contribution in [0.25, 0.3) is 0 Å². The van der Waals surface area contributed by atoms with Crippen molar-refractivity contribution < 1.29 is 19.8 Å². The number of rotatable bonds is 6. The van der Waals surface area contributed by atoms with Crippen LogP contribution in [0, 0.1) is 0 Å². The first kappa shape index (κ1) is 16.0. The smallest absolute Gasteiger partial charge is 0.315 e. The predicted molar refractivity (Wildman–Crippen MR) is 74.2 cm³/mol. The fourth-order valence-corrected chi connectivity index (χ4v) is 1.56. The van der Waals surface area contributed by atoms with E-state index >= 15 is 0 Å². The van der Waals surface area contributed by atoms with Gasteiger partial charge in [-0.3, -0.25) is 4.79 Å². The van der Waals surface area contributed by atoms with Crippen LogP contribution in [0.2, 0.25) is 0 Å². The second-order valence-corrected chi connectivity index (χ2v) is 5.01. The molecule has 6 heteroatoms. The van der Waals surface area contributed by atoms with Gasteiger partial charge in [0, 0.05) is 13.1 Å². The first-order valence-electron chi connectivity index (χ1n) is 6.34. The van der Waals surface area contributed by atoms with Crippen molar-refractivity contribution >= 4 is 12.0 Å². The topological polar surface area (TPSA) is 98.7 Å². The number of carboxylic acid groups (broad SMARTS) is 1. The second kappa shape index (κ2) is 6.91. The lowest BCUT2D eigenvalue weighted by atomic mass is 9.97. The van der Waals surface area contributed by atoms with E-state index in [1.807, 2.05) is 12.1 Å². The van der Waals surface area contributed by atoms with Crippen LogP contribution >= 0.6 is 0 Å². The van der Waals surface area contributed by atoms with Gasteiger partial charge in [-0.25, -0.2) is 4.79 Å². The minimum Gasteiger partial charge on any atom is -0.481 e. The molecule has 0 unspecified atom stereocenters. The molecular weight excluding hydrogens is 260 g/mol. The molecule has 0 saturated heterocycles. The first-order valence-corrected chi connectivity index (χ1v) is 6.34. The molecule has 0 atom stereocenters. The fraction of sp³-hybridized carbons (Fsp3) is 0.429. The Hall–Kier alpha value is -2.08. The highest BCUT2D eigenvalue weighted by atomic mass is 16.4. The maximum absolute atomic E-state index is 11.4. The van der Waals surface area contributed by atoms with Crippen molar-refractivity contribution in [3.63, 3.8) is 0 Å². The van der Waals surface area contributed by atoms with Gasteiger partial charge in [-0.1, -0.05) is 24.3 Å². The van der Waals surface area contributed by atoms with Crippen molar-refractivity contribution in [3.05, 3.63) is 35.4 Å². The quantitative estimate of drug-likeness (QED) is 0.629. The number of carbonyl (C=O) groups excluding carboxylic acids is 1. The Morgan fingerprint density at radius 1 is 1.15 bits per heavy atom. The van der Waals surface area contributed by atoms with Crippen molar-refractivity contribution in [2.45, 2.75) is 32.4 Å². The number of amides is 2. The highest BCUT2D eigenvalue weighted by Crippen LogP contribution is 2.19. The van der Waals surface area contributed by atoms with Gasteiger partial charge in [0.1, 0.15) is 0 Å². The average Bonchev–Trinajstić information content (AvgIpc) is 2.35. The molecular formula is C14H20N2O4. The van der Waals surface area contributed by atoms with Crippen LogP contribution in [-0.4, -0.2) is 28.8 Å². The molecule has 6 nitrogen and oxygen atoms in total. The van der Waals surface area contributed by atoms with E-state index in [1.165, 1.54) is 0 Å². The normalized spacial score (nSPS) is 10.9. The van der Waals surface area contributed by atoms with Crippen LogP contribution in [-0.2, 0) is 16.9 Å². The zero-order valence-corrected chi connectivity index (χ0v) is 11.6. The van der Waals surface area contributed by atoms with Gasteiger partial charge in [-0.15, -0.1) is 0 Å². The summed E-state index contributed by atoms with van der Waals surface area (Å²) >= 11 is 0. The summed E-state index contributed by atoms with van der Waals surface area (Å²) in [6, 6.07) is 6.85. The van der Waals surface area contributed by atoms with Crippen LogP contribution < -0.4 is 10.6 Å². The summed E-state index contributed by atoms with van der Waals surface area (Å²) in [7, 11) is 0. The van der Waals surface area contributed by atoms with Crippen LogP contribution in [0.5, 0.6) is 0 Å². The molecule has 0 fully saturated rings. The number of aliphatic carboxylic acids is 1. The molecule has 0 heterocycles. The minimum absolute atomic E-state index is 0.0960. The number of benzene rings is 1. The molecule has 110 valence electrons. The van der Waals surface area contributed by atoms with E-state index in [4.69, 9.17) is 5.11 Å². The largest absolute Gasteiger partial charge is 0.481 e. The third-order valence-electron chi connectivity index (χ3n) is 2.74. The van der Waals surface area contributed by atoms with E-state index in [2.05, 4.69) is 10.6 Å². The van der Waals surface area contributed by atoms with E-state index in [0.717, 1.165) is 11.1 Å². The summed E-state index contributed by atoms with van der Waals surface area (Å²) in [5.74, 6) is -0.951. The minimum atomic E-state index is -0.951. The van der Waals surface area contributed by atoms with Crippen molar-refractivity contribution in [2.24, 2.45) is 0 Å². The molecule has 0 spiro atoms. The highest BCUT2D eigenvalue weighted by molar-refractivity contribution is 5.74. The summed E-state index contributed by atoms with van der Waals surface area (Å²) in [5.41, 5.74) is 0.804. The van der Waals surface area contributed by atoms with Crippen molar-refractivity contribution in [2.75, 3.05) is 6.54 Å². The van der Waals surface area contributed by atoms with Crippen molar-refractivity contribution in [1.82, 2.24) is 10.6 Å². The Kier molecular flexibility index (Phi) is 5.52. The van der Waals surface area contributed by atoms with Gasteiger partial charge in [-0.2, -0.15) is 0 Å². The zero-order chi connectivity index (χ0) is 15.2. The van der Waals surface area contributed by atoms with Gasteiger partial charge >= 0.3 is 12.0 Å². The molecule has 0 aromatic heterocycles. The number of aliphatic hydroxyl groups is 1. The molecule has 2 amide bonds. The maximum Gasteiger partial charge on any atom is 0.315 e. The summed E-state index contributed by atoms with van der Waals surface area (Å²) in [5, 5.41) is 23.3. The monoisotopic (exact) mass is 280 g/mol. The Morgan fingerprint density at radius 3 is 2.25 bits per heavy atom. The Bertz CT molecular complexity index is 463. The summed E-state index contributed by atoms with van der Waals surface area (Å²) in [6.07, 6.45) is -0.103. The molecule has 0 saturated carbocycles. The number of nitrogens with one attached hydrogen (secondary N) is 2. The summed E-state index contributed by atoms with van der Waals surface area (Å²) in [4.78, 5) is 21.6. The maximum atomic E-state index is 11.4. The van der Waals surface area contributed by atoms with Gasteiger partial charge in [0.05, 0.1) is 12.0 Å². The molecule has 0 aliphatic heterocycles. The molecule has 1 rings (SSSR count). The van der Waals surface area contributed by atoms with E-state index in [9.17, 15) is 14.7 Å². The third kappa shape index (κ3) is 5.71. The second-order valence-electron chi connectivity index (χ2n) is 5.01. The Labute approximate surface area is 117 Å². The molecule has 0 aliphatic rings. The van der Waals surface area contributed by atoms with Gasteiger partial charge < -0.3 is 20.8 Å². The van der Waals surface area contributed by atoms with Crippen LogP contribution in [0.4, 0.5) is 4.79 Å². The number of carbonyl (C=O) groups is 2. The Morgan fingerprint density at radius 2 is 1.75 bits per heavy atom. The SMILES string of the molecule is CC(C)(O)c1ccc(CNC(=O)NCCC(=O)O)cc1. The lowest BCUT2D eigenvalue weighted by molar-refractivity contribution is -0.136. The van der Waals surface area contributed by atoms with Gasteiger partial charge in [0.2, 0.25) is 0 Å². The van der Waals surface area contributed by atoms with Gasteiger partial charge in [0.25, 0.3) is 0 Å². The standard InChI is InChI=1S/C14H20N2O4/c1-14(2,20)11-5-3-10(4-6-11)9-16-13(19)15-8-7-12(17)18/h3-6,20H,7-9H2,1-2H3,(H,17,18)(H2,15,16,19). The van der Waals surface area contributed by atoms with Crippen LogP contribution in [0.1, 0.15) is 31.4 Å². The summed E-state index contributed by atoms with van der Waals surface area (Å²) in [6.45, 7) is 3.84. The number of urea groups is 1. The lowest BCUT2D eigenvalue weighted by Gasteiger charge is -2.18. The molecule has 0 aliphatic carbocycles. The van der Waals surface area contributed by atoms with Gasteiger partial charge in [0.15, 0.2) is 0 Å². The molecule has 1 aromatic carbocycles. The van der Waals surface area contributed by atoms with Crippen LogP contribution in [0.15, 0.2) is 24.3 Å². The molecule has 20 heavy (non-hydrogen) atoms. The van der Waals surface area contributed by atoms with Crippen molar-refractivity contribution in [3.8, 4) is 0 Å². The molecule has 0 bridgehead atoms. The van der Waals surface area contributed by atoms with E-state index < -0.39 is 17.6 Å². The molecule has 0 radical (unpaired) electrons. The zero-order valence-electron chi connectivity index (χ0n) is 11.6. The number of hydrogen-bond donors (Lipinski definition) is 4. The van der Waals surface area contributed by atoms with E-state index in [-0.39, 0.29) is 13.0 Å². The van der Waals surface area contributed by atoms with E-state index in [0.29, 0.717) is 6.54 Å². The average molecular weight is 280 g/mol. The lowest BCUT2D eigenvalue weighted by Crippen LogP contribution is -2.36. The fourth-order valence-electron chi connectivity index (χ4n) is 1.56. The molecule has 1 aromatic rings. The van der Waals surface area contributed by atoms with Crippen LogP contribution in [0.3, 0.4) is 0 Å². The number of carboxylic acids is 1. The third-order valence-corrected chi connectivity index (χ3v) is 2.74. The summed E-state index contributed by atoms with van der Waals surface area (Å²) < 4.78 is 0. The number of hydrogen-bond acceptors (Lipinski definition) is 3. The van der Waals surface area contributed by atoms with E-state index in [1.54, 1.807) is 26.0 Å². The van der Waals surface area contributed by atoms with Crippen molar-refractivity contribution in [1.29, 1.82) is 0 Å². The first-order chi connectivity index (χ1) is 9.29. The Balaban J connectivity index is 2.38.